The Bertz CT molecular complexity index is 1020. The molecule has 1 fully saturated rings. The van der Waals surface area contributed by atoms with Gasteiger partial charge in [-0.3, -0.25) is 4.79 Å². The first-order valence-electron chi connectivity index (χ1n) is 10.4. The van der Waals surface area contributed by atoms with E-state index in [2.05, 4.69) is 78.0 Å². The molecule has 0 spiro atoms. The Morgan fingerprint density at radius 3 is 2.62 bits per heavy atom. The number of rotatable bonds is 6. The number of carbonyl (C=O) groups excluding carboxylic acids is 1. The first kappa shape index (κ1) is 19.5. The predicted molar refractivity (Wildman–Crippen MR) is 121 cm³/mol. The third-order valence-corrected chi connectivity index (χ3v) is 6.09. The molecule has 0 aliphatic carbocycles. The third-order valence-electron chi connectivity index (χ3n) is 6.09. The van der Waals surface area contributed by atoms with Gasteiger partial charge < -0.3 is 15.5 Å². The van der Waals surface area contributed by atoms with E-state index in [1.54, 1.807) is 0 Å². The highest BCUT2D eigenvalue weighted by Crippen LogP contribution is 2.27. The Kier molecular flexibility index (Phi) is 5.54. The fraction of sp³-hybridized carbons (Fsp3) is 0.320. The zero-order valence-electron chi connectivity index (χ0n) is 17.4. The number of nitrogens with zero attached hydrogens (tertiary/aromatic N) is 1. The lowest BCUT2D eigenvalue weighted by Gasteiger charge is -2.37. The molecule has 0 aromatic heterocycles. The van der Waals surface area contributed by atoms with Crippen molar-refractivity contribution in [2.45, 2.75) is 32.4 Å². The molecule has 0 saturated carbocycles. The Morgan fingerprint density at radius 1 is 1.14 bits per heavy atom. The smallest absolute Gasteiger partial charge is 0.252 e. The summed E-state index contributed by atoms with van der Waals surface area (Å²) in [4.78, 5) is 15.5. The van der Waals surface area contributed by atoms with E-state index in [4.69, 9.17) is 0 Å². The second-order valence-corrected chi connectivity index (χ2v) is 7.92. The molecular weight excluding hydrogens is 358 g/mol. The molecule has 1 saturated heterocycles. The van der Waals surface area contributed by atoms with Crippen LogP contribution in [0.3, 0.4) is 0 Å². The number of carbonyl (C=O) groups is 1. The summed E-state index contributed by atoms with van der Waals surface area (Å²) in [6.45, 7) is 6.10. The van der Waals surface area contributed by atoms with Crippen LogP contribution in [0.25, 0.3) is 10.8 Å². The van der Waals surface area contributed by atoms with Crippen LogP contribution in [0.15, 0.2) is 60.7 Å². The first-order valence-corrected chi connectivity index (χ1v) is 10.4. The van der Waals surface area contributed by atoms with E-state index in [1.165, 1.54) is 16.3 Å². The van der Waals surface area contributed by atoms with Crippen molar-refractivity contribution in [2.24, 2.45) is 0 Å². The Labute approximate surface area is 172 Å². The molecule has 1 aliphatic heterocycles. The van der Waals surface area contributed by atoms with Gasteiger partial charge in [0.25, 0.3) is 5.91 Å². The van der Waals surface area contributed by atoms with Crippen LogP contribution in [-0.4, -0.2) is 32.1 Å². The van der Waals surface area contributed by atoms with Crippen LogP contribution in [0.2, 0.25) is 0 Å². The van der Waals surface area contributed by atoms with Gasteiger partial charge in [0.05, 0.1) is 12.1 Å². The molecule has 3 aromatic rings. The molecule has 0 unspecified atom stereocenters. The van der Waals surface area contributed by atoms with Crippen molar-refractivity contribution in [2.75, 3.05) is 25.0 Å². The second-order valence-electron chi connectivity index (χ2n) is 7.92. The van der Waals surface area contributed by atoms with Gasteiger partial charge in [0, 0.05) is 31.4 Å². The van der Waals surface area contributed by atoms with E-state index in [0.29, 0.717) is 6.04 Å². The molecule has 29 heavy (non-hydrogen) atoms. The first-order chi connectivity index (χ1) is 14.1. The molecule has 150 valence electrons. The van der Waals surface area contributed by atoms with Crippen LogP contribution in [0.4, 0.5) is 5.69 Å². The maximum absolute atomic E-state index is 13.2. The Balaban J connectivity index is 1.60. The minimum Gasteiger partial charge on any atom is -0.369 e. The van der Waals surface area contributed by atoms with Gasteiger partial charge >= 0.3 is 0 Å². The van der Waals surface area contributed by atoms with Crippen molar-refractivity contribution in [1.82, 2.24) is 10.6 Å². The van der Waals surface area contributed by atoms with Crippen LogP contribution in [0.1, 0.15) is 40.9 Å². The molecule has 1 heterocycles. The average Bonchev–Trinajstić information content (AvgIpc) is 2.70. The number of amides is 1. The largest absolute Gasteiger partial charge is 0.369 e. The molecule has 0 bridgehead atoms. The minimum atomic E-state index is -0.0229. The van der Waals surface area contributed by atoms with Crippen molar-refractivity contribution < 1.29 is 4.79 Å². The predicted octanol–water partition coefficient (Wildman–Crippen LogP) is 4.44. The van der Waals surface area contributed by atoms with E-state index in [1.807, 2.05) is 19.1 Å². The van der Waals surface area contributed by atoms with E-state index < -0.39 is 0 Å². The highest BCUT2D eigenvalue weighted by Gasteiger charge is 2.23. The summed E-state index contributed by atoms with van der Waals surface area (Å²) in [5.74, 6) is -0.00994. The summed E-state index contributed by atoms with van der Waals surface area (Å²) in [6.07, 6.45) is 0.839. The molecule has 4 heteroatoms. The van der Waals surface area contributed by atoms with Gasteiger partial charge in [-0.2, -0.15) is 0 Å². The number of anilines is 1. The van der Waals surface area contributed by atoms with Crippen molar-refractivity contribution in [3.8, 4) is 0 Å². The van der Waals surface area contributed by atoms with E-state index in [9.17, 15) is 4.79 Å². The van der Waals surface area contributed by atoms with Gasteiger partial charge in [-0.1, -0.05) is 55.5 Å². The number of benzene rings is 3. The summed E-state index contributed by atoms with van der Waals surface area (Å²) in [5, 5.41) is 8.99. The van der Waals surface area contributed by atoms with Crippen LogP contribution in [0.5, 0.6) is 0 Å². The van der Waals surface area contributed by atoms with Gasteiger partial charge in [-0.05, 0) is 47.4 Å². The summed E-state index contributed by atoms with van der Waals surface area (Å²) in [5.41, 5.74) is 4.01. The lowest BCUT2D eigenvalue weighted by molar-refractivity contribution is 0.0935. The molecule has 2 N–H and O–H groups in total. The minimum absolute atomic E-state index is 0.00994. The fourth-order valence-electron chi connectivity index (χ4n) is 4.02. The SMILES string of the molecule is CC[C@@H](NC(=O)c1cc(N(C)C2CNC2)ccc1C)c1cccc2ccccc12. The average molecular weight is 388 g/mol. The van der Waals surface area contributed by atoms with Crippen LogP contribution >= 0.6 is 0 Å². The third kappa shape index (κ3) is 3.85. The second kappa shape index (κ2) is 8.26. The summed E-state index contributed by atoms with van der Waals surface area (Å²) < 4.78 is 0. The van der Waals surface area contributed by atoms with E-state index in [0.717, 1.165) is 36.3 Å². The monoisotopic (exact) mass is 387 g/mol. The standard InChI is InChI=1S/C25H29N3O/c1-4-24(22-11-7-9-18-8-5-6-10-21(18)22)27-25(29)23-14-19(13-12-17(23)2)28(3)20-15-26-16-20/h5-14,20,24,26H,4,15-16H2,1-3H3,(H,27,29)/t24-/m1/s1. The van der Waals surface area contributed by atoms with Gasteiger partial charge in [0.15, 0.2) is 0 Å². The Hall–Kier alpha value is -2.85. The van der Waals surface area contributed by atoms with Crippen LogP contribution in [-0.2, 0) is 0 Å². The molecule has 1 aliphatic rings. The number of fused-ring (bicyclic) bond motifs is 1. The lowest BCUT2D eigenvalue weighted by Crippen LogP contribution is -2.56. The molecule has 0 radical (unpaired) electrons. The molecular formula is C25H29N3O. The molecule has 3 aromatic carbocycles. The summed E-state index contributed by atoms with van der Waals surface area (Å²) in [6, 6.07) is 21.3. The molecule has 1 atom stereocenters. The van der Waals surface area contributed by atoms with Crippen LogP contribution < -0.4 is 15.5 Å². The highest BCUT2D eigenvalue weighted by molar-refractivity contribution is 5.97. The summed E-state index contributed by atoms with van der Waals surface area (Å²) >= 11 is 0. The molecule has 4 nitrogen and oxygen atoms in total. The van der Waals surface area contributed by atoms with Crippen molar-refractivity contribution in [3.63, 3.8) is 0 Å². The summed E-state index contributed by atoms with van der Waals surface area (Å²) in [7, 11) is 2.10. The van der Waals surface area contributed by atoms with Gasteiger partial charge in [-0.15, -0.1) is 0 Å². The maximum atomic E-state index is 13.2. The van der Waals surface area contributed by atoms with E-state index in [-0.39, 0.29) is 11.9 Å². The van der Waals surface area contributed by atoms with Crippen molar-refractivity contribution in [3.05, 3.63) is 77.4 Å². The number of hydrogen-bond acceptors (Lipinski definition) is 3. The fourth-order valence-corrected chi connectivity index (χ4v) is 4.02. The normalized spacial score (nSPS) is 15.0. The molecule has 1 amide bonds. The lowest BCUT2D eigenvalue weighted by atomic mass is 9.96. The highest BCUT2D eigenvalue weighted by atomic mass is 16.1. The molecule has 4 rings (SSSR count). The van der Waals surface area contributed by atoms with Crippen LogP contribution in [0, 0.1) is 6.92 Å². The number of aryl methyl sites for hydroxylation is 1. The maximum Gasteiger partial charge on any atom is 0.252 e. The Morgan fingerprint density at radius 2 is 1.90 bits per heavy atom. The van der Waals surface area contributed by atoms with Crippen molar-refractivity contribution in [1.29, 1.82) is 0 Å². The zero-order valence-corrected chi connectivity index (χ0v) is 17.4. The van der Waals surface area contributed by atoms with E-state index >= 15 is 0 Å². The van der Waals surface area contributed by atoms with Gasteiger partial charge in [0.1, 0.15) is 0 Å². The quantitative estimate of drug-likeness (QED) is 0.657. The van der Waals surface area contributed by atoms with Gasteiger partial charge in [-0.25, -0.2) is 0 Å². The number of likely N-dealkylation sites (N-methyl/N-ethyl adjacent to an activating group) is 1. The number of hydrogen-bond donors (Lipinski definition) is 2. The number of nitrogens with one attached hydrogen (secondary N) is 2. The van der Waals surface area contributed by atoms with Gasteiger partial charge in [0.2, 0.25) is 0 Å². The topological polar surface area (TPSA) is 44.4 Å². The van der Waals surface area contributed by atoms with Crippen molar-refractivity contribution >= 4 is 22.4 Å². The zero-order chi connectivity index (χ0) is 20.4.